The second kappa shape index (κ2) is 7.67. The summed E-state index contributed by atoms with van der Waals surface area (Å²) in [4.78, 5) is 28.9. The van der Waals surface area contributed by atoms with E-state index < -0.39 is 10.8 Å². The Labute approximate surface area is 159 Å². The van der Waals surface area contributed by atoms with Crippen LogP contribution in [0.3, 0.4) is 0 Å². The average molecular weight is 394 g/mol. The van der Waals surface area contributed by atoms with Gasteiger partial charge in [0, 0.05) is 18.3 Å². The average Bonchev–Trinajstić information content (AvgIpc) is 2.64. The van der Waals surface area contributed by atoms with Gasteiger partial charge in [0.15, 0.2) is 11.5 Å². The van der Waals surface area contributed by atoms with Crippen LogP contribution in [0.5, 0.6) is 17.4 Å². The van der Waals surface area contributed by atoms with Crippen molar-refractivity contribution in [2.75, 3.05) is 27.3 Å². The van der Waals surface area contributed by atoms with Crippen LogP contribution in [0, 0.1) is 10.1 Å². The summed E-state index contributed by atoms with van der Waals surface area (Å²) in [6.07, 6.45) is 1.22. The van der Waals surface area contributed by atoms with Crippen LogP contribution >= 0.6 is 11.6 Å². The number of hydrogen-bond donors (Lipinski definition) is 0. The van der Waals surface area contributed by atoms with Crippen molar-refractivity contribution in [2.45, 2.75) is 6.10 Å². The predicted octanol–water partition coefficient (Wildman–Crippen LogP) is 2.56. The van der Waals surface area contributed by atoms with Crippen molar-refractivity contribution in [1.29, 1.82) is 0 Å². The molecule has 1 aromatic heterocycles. The normalized spacial score (nSPS) is 13.7. The first kappa shape index (κ1) is 18.7. The van der Waals surface area contributed by atoms with Crippen LogP contribution in [0.4, 0.5) is 5.69 Å². The molecule has 0 aliphatic carbocycles. The Morgan fingerprint density at radius 1 is 1.26 bits per heavy atom. The van der Waals surface area contributed by atoms with E-state index in [0.717, 1.165) is 0 Å². The van der Waals surface area contributed by atoms with Gasteiger partial charge >= 0.3 is 0 Å². The number of rotatable bonds is 6. The molecule has 27 heavy (non-hydrogen) atoms. The second-order valence-corrected chi connectivity index (χ2v) is 6.18. The molecule has 1 aromatic carbocycles. The fourth-order valence-electron chi connectivity index (χ4n) is 2.64. The molecule has 1 fully saturated rings. The third-order valence-electron chi connectivity index (χ3n) is 4.05. The van der Waals surface area contributed by atoms with Gasteiger partial charge in [-0.1, -0.05) is 11.6 Å². The lowest BCUT2D eigenvalue weighted by atomic mass is 10.1. The van der Waals surface area contributed by atoms with E-state index in [1.54, 1.807) is 12.1 Å². The minimum Gasteiger partial charge on any atom is -0.493 e. The molecular weight excluding hydrogens is 378 g/mol. The molecule has 0 N–H and O–H groups in total. The molecule has 0 bridgehead atoms. The first-order chi connectivity index (χ1) is 12.9. The van der Waals surface area contributed by atoms with Crippen molar-refractivity contribution in [3.8, 4) is 17.4 Å². The number of hydrogen-bond acceptors (Lipinski definition) is 7. The highest BCUT2D eigenvalue weighted by Crippen LogP contribution is 2.35. The second-order valence-electron chi connectivity index (χ2n) is 5.75. The monoisotopic (exact) mass is 393 g/mol. The van der Waals surface area contributed by atoms with E-state index in [1.807, 2.05) is 0 Å². The van der Waals surface area contributed by atoms with Gasteiger partial charge in [0.2, 0.25) is 5.88 Å². The van der Waals surface area contributed by atoms with Gasteiger partial charge in [-0.3, -0.25) is 14.9 Å². The summed E-state index contributed by atoms with van der Waals surface area (Å²) in [6.45, 7) is 0.573. The van der Waals surface area contributed by atoms with Crippen molar-refractivity contribution in [2.24, 2.45) is 0 Å². The maximum atomic E-state index is 12.7. The number of halogens is 1. The smallest absolute Gasteiger partial charge is 0.286 e. The summed E-state index contributed by atoms with van der Waals surface area (Å²) in [5, 5.41) is 11.8. The maximum absolute atomic E-state index is 12.7. The molecule has 0 unspecified atom stereocenters. The summed E-state index contributed by atoms with van der Waals surface area (Å²) in [7, 11) is 2.76. The largest absolute Gasteiger partial charge is 0.493 e. The number of amides is 1. The van der Waals surface area contributed by atoms with Gasteiger partial charge in [0.1, 0.15) is 11.7 Å². The number of carbonyl (C=O) groups is 1. The van der Waals surface area contributed by atoms with Crippen LogP contribution in [0.25, 0.3) is 0 Å². The van der Waals surface area contributed by atoms with Crippen LogP contribution in [0.2, 0.25) is 5.02 Å². The van der Waals surface area contributed by atoms with Crippen molar-refractivity contribution >= 4 is 23.2 Å². The molecule has 2 heterocycles. The van der Waals surface area contributed by atoms with Crippen molar-refractivity contribution in [3.05, 3.63) is 51.2 Å². The molecule has 10 heteroatoms. The highest BCUT2D eigenvalue weighted by molar-refractivity contribution is 6.30. The molecule has 0 saturated carbocycles. The van der Waals surface area contributed by atoms with Gasteiger partial charge in [-0.2, -0.15) is 0 Å². The van der Waals surface area contributed by atoms with E-state index >= 15 is 0 Å². The Morgan fingerprint density at radius 2 is 1.93 bits per heavy atom. The van der Waals surface area contributed by atoms with Gasteiger partial charge in [0.25, 0.3) is 11.6 Å². The number of benzene rings is 1. The van der Waals surface area contributed by atoms with Crippen LogP contribution in [-0.4, -0.2) is 54.1 Å². The molecule has 1 aliphatic heterocycles. The van der Waals surface area contributed by atoms with Gasteiger partial charge in [-0.05, 0) is 6.07 Å². The lowest BCUT2D eigenvalue weighted by Gasteiger charge is -2.38. The fourth-order valence-corrected chi connectivity index (χ4v) is 2.75. The SMILES string of the molecule is COc1cc(C(=O)N2CC(Oc3ccc(Cl)cn3)C2)c([N+](=O)[O-])cc1OC. The molecule has 1 saturated heterocycles. The number of carbonyl (C=O) groups excluding carboxylic acids is 1. The van der Waals surface area contributed by atoms with Crippen molar-refractivity contribution in [3.63, 3.8) is 0 Å². The molecular formula is C17H16ClN3O6. The van der Waals surface area contributed by atoms with Crippen molar-refractivity contribution in [1.82, 2.24) is 9.88 Å². The van der Waals surface area contributed by atoms with E-state index in [2.05, 4.69) is 4.98 Å². The number of nitrogens with zero attached hydrogens (tertiary/aromatic N) is 3. The quantitative estimate of drug-likeness (QED) is 0.548. The van der Waals surface area contributed by atoms with Crippen LogP contribution < -0.4 is 14.2 Å². The van der Waals surface area contributed by atoms with Crippen molar-refractivity contribution < 1.29 is 23.9 Å². The molecule has 0 spiro atoms. The minimum atomic E-state index is -0.624. The highest BCUT2D eigenvalue weighted by atomic mass is 35.5. The Balaban J connectivity index is 1.73. The van der Waals surface area contributed by atoms with Gasteiger partial charge in [0.05, 0.1) is 43.3 Å². The summed E-state index contributed by atoms with van der Waals surface area (Å²) >= 11 is 5.77. The van der Waals surface area contributed by atoms with Gasteiger partial charge < -0.3 is 19.1 Å². The van der Waals surface area contributed by atoms with Crippen LogP contribution in [0.15, 0.2) is 30.5 Å². The van der Waals surface area contributed by atoms with E-state index in [0.29, 0.717) is 10.9 Å². The Kier molecular flexibility index (Phi) is 5.31. The molecule has 0 atom stereocenters. The molecule has 3 rings (SSSR count). The summed E-state index contributed by atoms with van der Waals surface area (Å²) in [6, 6.07) is 5.77. The molecule has 9 nitrogen and oxygen atoms in total. The molecule has 2 aromatic rings. The predicted molar refractivity (Wildman–Crippen MR) is 95.8 cm³/mol. The maximum Gasteiger partial charge on any atom is 0.286 e. The number of nitro benzene ring substituents is 1. The van der Waals surface area contributed by atoms with E-state index in [-0.39, 0.29) is 41.9 Å². The number of ether oxygens (including phenoxy) is 3. The van der Waals surface area contributed by atoms with E-state index in [9.17, 15) is 14.9 Å². The Bertz CT molecular complexity index is 868. The number of aromatic nitrogens is 1. The summed E-state index contributed by atoms with van der Waals surface area (Å²) in [5.41, 5.74) is -0.415. The molecule has 1 aliphatic rings. The zero-order chi connectivity index (χ0) is 19.6. The zero-order valence-corrected chi connectivity index (χ0v) is 15.3. The Morgan fingerprint density at radius 3 is 2.48 bits per heavy atom. The number of methoxy groups -OCH3 is 2. The Hall–Kier alpha value is -3.07. The third kappa shape index (κ3) is 3.87. The van der Waals surface area contributed by atoms with Gasteiger partial charge in [-0.15, -0.1) is 0 Å². The lowest BCUT2D eigenvalue weighted by molar-refractivity contribution is -0.385. The molecule has 0 radical (unpaired) electrons. The topological polar surface area (TPSA) is 104 Å². The lowest BCUT2D eigenvalue weighted by Crippen LogP contribution is -2.56. The summed E-state index contributed by atoms with van der Waals surface area (Å²) < 4.78 is 15.8. The fraction of sp³-hybridized carbons (Fsp3) is 0.294. The molecule has 1 amide bonds. The first-order valence-electron chi connectivity index (χ1n) is 7.90. The third-order valence-corrected chi connectivity index (χ3v) is 4.28. The zero-order valence-electron chi connectivity index (χ0n) is 14.5. The van der Waals surface area contributed by atoms with Crippen LogP contribution in [-0.2, 0) is 0 Å². The number of likely N-dealkylation sites (tertiary alicyclic amines) is 1. The number of nitro groups is 1. The number of pyridine rings is 1. The highest BCUT2D eigenvalue weighted by Gasteiger charge is 2.36. The van der Waals surface area contributed by atoms with Gasteiger partial charge in [-0.25, -0.2) is 4.98 Å². The van der Waals surface area contributed by atoms with Crippen LogP contribution in [0.1, 0.15) is 10.4 Å². The van der Waals surface area contributed by atoms with E-state index in [1.165, 1.54) is 37.4 Å². The molecule has 142 valence electrons. The standard InChI is InChI=1S/C17H16ClN3O6/c1-25-14-5-12(13(21(23)24)6-15(14)26-2)17(22)20-8-11(9-20)27-16-4-3-10(18)7-19-16/h3-7,11H,8-9H2,1-2H3. The summed E-state index contributed by atoms with van der Waals surface area (Å²) in [5.74, 6) is 0.338. The minimum absolute atomic E-state index is 0.0688. The first-order valence-corrected chi connectivity index (χ1v) is 8.28. The van der Waals surface area contributed by atoms with E-state index in [4.69, 9.17) is 25.8 Å².